The first kappa shape index (κ1) is 13.8. The number of nitrogens with zero attached hydrogens (tertiary/aromatic N) is 2. The molecule has 1 aromatic carbocycles. The van der Waals surface area contributed by atoms with Crippen LogP contribution in [0.2, 0.25) is 0 Å². The highest BCUT2D eigenvalue weighted by atomic mass is 79.9. The zero-order valence-corrected chi connectivity index (χ0v) is 12.4. The van der Waals surface area contributed by atoms with E-state index in [1.165, 1.54) is 0 Å². The van der Waals surface area contributed by atoms with Gasteiger partial charge in [-0.05, 0) is 37.1 Å². The van der Waals surface area contributed by atoms with E-state index in [9.17, 15) is 4.79 Å². The van der Waals surface area contributed by atoms with Crippen molar-refractivity contribution in [3.8, 4) is 5.69 Å². The predicted molar refractivity (Wildman–Crippen MR) is 77.0 cm³/mol. The van der Waals surface area contributed by atoms with Gasteiger partial charge in [-0.1, -0.05) is 29.8 Å². The topological polar surface area (TPSA) is 55.1 Å². The number of rotatable bonds is 4. The number of aromatic carboxylic acids is 1. The Hall–Kier alpha value is -1.62. The third-order valence-corrected chi connectivity index (χ3v) is 3.39. The van der Waals surface area contributed by atoms with Gasteiger partial charge >= 0.3 is 5.97 Å². The van der Waals surface area contributed by atoms with Gasteiger partial charge in [-0.25, -0.2) is 9.48 Å². The molecule has 0 amide bonds. The fraction of sp³-hybridized carbons (Fsp3) is 0.286. The Bertz CT molecular complexity index is 620. The van der Waals surface area contributed by atoms with Crippen LogP contribution in [0.25, 0.3) is 5.69 Å². The van der Waals surface area contributed by atoms with Gasteiger partial charge in [-0.15, -0.1) is 0 Å². The molecule has 19 heavy (non-hydrogen) atoms. The van der Waals surface area contributed by atoms with Crippen LogP contribution in [-0.4, -0.2) is 20.9 Å². The first-order chi connectivity index (χ1) is 9.05. The third-order valence-electron chi connectivity index (χ3n) is 2.93. The standard InChI is InChI=1S/C14H15BrN2O2/c1-3-11-8-12(4-2)17(16-11)13-6-9(14(18)19)5-10(15)7-13/h5-8H,3-4H2,1-2H3,(H,18,19). The number of aryl methyl sites for hydroxylation is 2. The molecule has 0 saturated carbocycles. The number of carbonyl (C=O) groups is 1. The summed E-state index contributed by atoms with van der Waals surface area (Å²) in [5.74, 6) is -0.941. The molecule has 4 nitrogen and oxygen atoms in total. The molecule has 1 aromatic heterocycles. The summed E-state index contributed by atoms with van der Waals surface area (Å²) in [6.07, 6.45) is 1.71. The van der Waals surface area contributed by atoms with Crippen molar-refractivity contribution >= 4 is 21.9 Å². The van der Waals surface area contributed by atoms with Gasteiger partial charge in [-0.3, -0.25) is 0 Å². The van der Waals surface area contributed by atoms with Crippen LogP contribution < -0.4 is 0 Å². The lowest BCUT2D eigenvalue weighted by molar-refractivity contribution is 0.0696. The maximum absolute atomic E-state index is 11.1. The number of benzene rings is 1. The molecule has 0 radical (unpaired) electrons. The van der Waals surface area contributed by atoms with Gasteiger partial charge in [0.1, 0.15) is 0 Å². The lowest BCUT2D eigenvalue weighted by atomic mass is 10.2. The van der Waals surface area contributed by atoms with E-state index >= 15 is 0 Å². The highest BCUT2D eigenvalue weighted by Gasteiger charge is 2.11. The van der Waals surface area contributed by atoms with Gasteiger partial charge in [0.2, 0.25) is 0 Å². The van der Waals surface area contributed by atoms with Gasteiger partial charge in [-0.2, -0.15) is 5.10 Å². The van der Waals surface area contributed by atoms with Crippen LogP contribution in [0.5, 0.6) is 0 Å². The Kier molecular flexibility index (Phi) is 4.04. The van der Waals surface area contributed by atoms with E-state index < -0.39 is 5.97 Å². The molecule has 0 spiro atoms. The van der Waals surface area contributed by atoms with Crippen molar-refractivity contribution in [1.82, 2.24) is 9.78 Å². The minimum absolute atomic E-state index is 0.250. The van der Waals surface area contributed by atoms with Crippen molar-refractivity contribution in [2.24, 2.45) is 0 Å². The van der Waals surface area contributed by atoms with Gasteiger partial charge in [0.05, 0.1) is 16.9 Å². The van der Waals surface area contributed by atoms with Crippen molar-refractivity contribution < 1.29 is 9.90 Å². The molecule has 0 aliphatic carbocycles. The number of hydrogen-bond donors (Lipinski definition) is 1. The van der Waals surface area contributed by atoms with Gasteiger partial charge in [0.15, 0.2) is 0 Å². The number of carboxylic acid groups (broad SMARTS) is 1. The monoisotopic (exact) mass is 322 g/mol. The van der Waals surface area contributed by atoms with Gasteiger partial charge in [0, 0.05) is 10.2 Å². The van der Waals surface area contributed by atoms with Gasteiger partial charge in [0.25, 0.3) is 0 Å². The van der Waals surface area contributed by atoms with Crippen molar-refractivity contribution in [2.45, 2.75) is 26.7 Å². The highest BCUT2D eigenvalue weighted by Crippen LogP contribution is 2.21. The van der Waals surface area contributed by atoms with Crippen molar-refractivity contribution in [2.75, 3.05) is 0 Å². The predicted octanol–water partition coefficient (Wildman–Crippen LogP) is 3.46. The summed E-state index contributed by atoms with van der Waals surface area (Å²) in [7, 11) is 0. The van der Waals surface area contributed by atoms with E-state index in [1.807, 2.05) is 10.7 Å². The summed E-state index contributed by atoms with van der Waals surface area (Å²) in [6.45, 7) is 4.11. The molecule has 2 aromatic rings. The highest BCUT2D eigenvalue weighted by molar-refractivity contribution is 9.10. The van der Waals surface area contributed by atoms with E-state index in [-0.39, 0.29) is 5.56 Å². The summed E-state index contributed by atoms with van der Waals surface area (Å²) in [5, 5.41) is 13.6. The van der Waals surface area contributed by atoms with Crippen LogP contribution in [-0.2, 0) is 12.8 Å². The van der Waals surface area contributed by atoms with Crippen molar-refractivity contribution in [3.05, 3.63) is 45.7 Å². The lowest BCUT2D eigenvalue weighted by Crippen LogP contribution is -2.04. The Morgan fingerprint density at radius 1 is 1.26 bits per heavy atom. The maximum Gasteiger partial charge on any atom is 0.335 e. The first-order valence-corrected chi connectivity index (χ1v) is 6.96. The average molecular weight is 323 g/mol. The maximum atomic E-state index is 11.1. The molecular formula is C14H15BrN2O2. The van der Waals surface area contributed by atoms with Crippen LogP contribution >= 0.6 is 15.9 Å². The molecule has 0 unspecified atom stereocenters. The second-order valence-electron chi connectivity index (χ2n) is 4.25. The SMILES string of the molecule is CCc1cc(CC)n(-c2cc(Br)cc(C(=O)O)c2)n1. The normalized spacial score (nSPS) is 10.7. The largest absolute Gasteiger partial charge is 0.478 e. The summed E-state index contributed by atoms with van der Waals surface area (Å²) >= 11 is 3.34. The zero-order chi connectivity index (χ0) is 14.0. The smallest absolute Gasteiger partial charge is 0.335 e. The molecule has 0 saturated heterocycles. The van der Waals surface area contributed by atoms with Crippen LogP contribution in [0, 0.1) is 0 Å². The molecule has 2 rings (SSSR count). The number of aromatic nitrogens is 2. The van der Waals surface area contributed by atoms with Crippen LogP contribution in [0.4, 0.5) is 0 Å². The summed E-state index contributed by atoms with van der Waals surface area (Å²) in [4.78, 5) is 11.1. The Labute approximate surface area is 120 Å². The van der Waals surface area contributed by atoms with E-state index in [4.69, 9.17) is 5.11 Å². The molecule has 0 aliphatic rings. The van der Waals surface area contributed by atoms with Gasteiger partial charge < -0.3 is 5.11 Å². The third kappa shape index (κ3) is 2.87. The number of halogens is 1. The van der Waals surface area contributed by atoms with E-state index in [2.05, 4.69) is 40.9 Å². The Morgan fingerprint density at radius 2 is 2.00 bits per heavy atom. The number of hydrogen-bond acceptors (Lipinski definition) is 2. The van der Waals surface area contributed by atoms with Crippen LogP contribution in [0.15, 0.2) is 28.7 Å². The Balaban J connectivity index is 2.57. The Morgan fingerprint density at radius 3 is 2.58 bits per heavy atom. The van der Waals surface area contributed by atoms with Crippen molar-refractivity contribution in [3.63, 3.8) is 0 Å². The van der Waals surface area contributed by atoms with Crippen molar-refractivity contribution in [1.29, 1.82) is 0 Å². The van der Waals surface area contributed by atoms with E-state index in [1.54, 1.807) is 12.1 Å². The minimum Gasteiger partial charge on any atom is -0.478 e. The lowest BCUT2D eigenvalue weighted by Gasteiger charge is -2.08. The van der Waals surface area contributed by atoms with Crippen LogP contribution in [0.1, 0.15) is 35.6 Å². The van der Waals surface area contributed by atoms with E-state index in [0.29, 0.717) is 0 Å². The fourth-order valence-corrected chi connectivity index (χ4v) is 2.42. The second-order valence-corrected chi connectivity index (χ2v) is 5.16. The summed E-state index contributed by atoms with van der Waals surface area (Å²) in [5.41, 5.74) is 3.10. The van der Waals surface area contributed by atoms with Crippen LogP contribution in [0.3, 0.4) is 0 Å². The molecule has 0 fully saturated rings. The molecule has 0 aliphatic heterocycles. The van der Waals surface area contributed by atoms with E-state index in [0.717, 1.165) is 34.4 Å². The molecule has 0 bridgehead atoms. The second kappa shape index (κ2) is 5.57. The summed E-state index contributed by atoms with van der Waals surface area (Å²) in [6, 6.07) is 7.15. The first-order valence-electron chi connectivity index (χ1n) is 6.17. The molecule has 100 valence electrons. The molecule has 1 N–H and O–H groups in total. The average Bonchev–Trinajstić information content (AvgIpc) is 2.81. The molecule has 5 heteroatoms. The minimum atomic E-state index is -0.941. The quantitative estimate of drug-likeness (QED) is 0.937. The fourth-order valence-electron chi connectivity index (χ4n) is 1.94. The number of carboxylic acids is 1. The molecule has 1 heterocycles. The molecule has 0 atom stereocenters. The molecular weight excluding hydrogens is 308 g/mol. The summed E-state index contributed by atoms with van der Waals surface area (Å²) < 4.78 is 2.55. The zero-order valence-electron chi connectivity index (χ0n) is 10.9.